The standard InChI is InChI=1S/C20H40N4O3/c1-16(2)9-13-26-14-10-22-18(21-6)23-15-17-7-11-24(12-8-17)19(25)27-20(3,4)5/h16-17H,7-15H2,1-6H3,(H2,21,22,23). The van der Waals surface area contributed by atoms with E-state index in [0.29, 0.717) is 18.4 Å². The fourth-order valence-electron chi connectivity index (χ4n) is 2.77. The zero-order chi connectivity index (χ0) is 20.3. The van der Waals surface area contributed by atoms with Gasteiger partial charge in [0.1, 0.15) is 5.60 Å². The topological polar surface area (TPSA) is 75.2 Å². The lowest BCUT2D eigenvalue weighted by Crippen LogP contribution is -2.45. The Morgan fingerprint density at radius 3 is 2.41 bits per heavy atom. The van der Waals surface area contributed by atoms with Crippen molar-refractivity contribution in [3.05, 3.63) is 0 Å². The van der Waals surface area contributed by atoms with Crippen molar-refractivity contribution >= 4 is 12.1 Å². The second-order valence-corrected chi connectivity index (χ2v) is 8.59. The molecular weight excluding hydrogens is 344 g/mol. The molecule has 1 aliphatic rings. The van der Waals surface area contributed by atoms with Crippen molar-refractivity contribution < 1.29 is 14.3 Å². The lowest BCUT2D eigenvalue weighted by molar-refractivity contribution is 0.0185. The zero-order valence-corrected chi connectivity index (χ0v) is 18.1. The molecule has 7 heteroatoms. The number of aliphatic imine (C=N–C) groups is 1. The summed E-state index contributed by atoms with van der Waals surface area (Å²) >= 11 is 0. The van der Waals surface area contributed by atoms with Crippen molar-refractivity contribution in [2.45, 2.75) is 59.5 Å². The van der Waals surface area contributed by atoms with Crippen LogP contribution in [-0.2, 0) is 9.47 Å². The Kier molecular flexibility index (Phi) is 10.5. The van der Waals surface area contributed by atoms with E-state index >= 15 is 0 Å². The first-order valence-corrected chi connectivity index (χ1v) is 10.2. The van der Waals surface area contributed by atoms with E-state index in [-0.39, 0.29) is 6.09 Å². The van der Waals surface area contributed by atoms with Gasteiger partial charge in [0, 0.05) is 39.8 Å². The zero-order valence-electron chi connectivity index (χ0n) is 18.1. The highest BCUT2D eigenvalue weighted by Crippen LogP contribution is 2.19. The molecule has 158 valence electrons. The predicted molar refractivity (Wildman–Crippen MR) is 110 cm³/mol. The molecular formula is C20H40N4O3. The van der Waals surface area contributed by atoms with Crippen LogP contribution in [0.3, 0.4) is 0 Å². The molecule has 0 atom stereocenters. The summed E-state index contributed by atoms with van der Waals surface area (Å²) in [4.78, 5) is 18.2. The number of carbonyl (C=O) groups excluding carboxylic acids is 1. The third-order valence-electron chi connectivity index (χ3n) is 4.43. The third kappa shape index (κ3) is 11.1. The number of nitrogens with one attached hydrogen (secondary N) is 2. The lowest BCUT2D eigenvalue weighted by atomic mass is 9.97. The molecule has 0 aliphatic carbocycles. The summed E-state index contributed by atoms with van der Waals surface area (Å²) in [5.41, 5.74) is -0.438. The summed E-state index contributed by atoms with van der Waals surface area (Å²) in [7, 11) is 1.78. The van der Waals surface area contributed by atoms with Crippen LogP contribution in [0.5, 0.6) is 0 Å². The van der Waals surface area contributed by atoms with Gasteiger partial charge in [-0.15, -0.1) is 0 Å². The van der Waals surface area contributed by atoms with E-state index in [2.05, 4.69) is 29.5 Å². The number of nitrogens with zero attached hydrogens (tertiary/aromatic N) is 2. The maximum Gasteiger partial charge on any atom is 0.410 e. The van der Waals surface area contributed by atoms with E-state index in [0.717, 1.165) is 58.0 Å². The highest BCUT2D eigenvalue weighted by molar-refractivity contribution is 5.79. The second kappa shape index (κ2) is 12.1. The molecule has 0 spiro atoms. The molecule has 2 N–H and O–H groups in total. The minimum Gasteiger partial charge on any atom is -0.444 e. The van der Waals surface area contributed by atoms with Gasteiger partial charge >= 0.3 is 6.09 Å². The van der Waals surface area contributed by atoms with Gasteiger partial charge in [-0.1, -0.05) is 13.8 Å². The summed E-state index contributed by atoms with van der Waals surface area (Å²) in [6, 6.07) is 0. The highest BCUT2D eigenvalue weighted by atomic mass is 16.6. The Balaban J connectivity index is 2.17. The first-order valence-electron chi connectivity index (χ1n) is 10.2. The molecule has 1 rings (SSSR count). The van der Waals surface area contributed by atoms with Gasteiger partial charge in [-0.2, -0.15) is 0 Å². The van der Waals surface area contributed by atoms with E-state index in [1.54, 1.807) is 7.05 Å². The summed E-state index contributed by atoms with van der Waals surface area (Å²) < 4.78 is 11.1. The van der Waals surface area contributed by atoms with Crippen LogP contribution in [0.25, 0.3) is 0 Å². The Morgan fingerprint density at radius 2 is 1.85 bits per heavy atom. The predicted octanol–water partition coefficient (Wildman–Crippen LogP) is 2.86. The monoisotopic (exact) mass is 384 g/mol. The summed E-state index contributed by atoms with van der Waals surface area (Å²) in [5.74, 6) is 2.01. The van der Waals surface area contributed by atoms with Crippen LogP contribution in [0.2, 0.25) is 0 Å². The van der Waals surface area contributed by atoms with E-state index in [1.165, 1.54) is 0 Å². The molecule has 0 aromatic rings. The number of ether oxygens (including phenoxy) is 2. The number of guanidine groups is 1. The Bertz CT molecular complexity index is 453. The summed E-state index contributed by atoms with van der Waals surface area (Å²) in [6.45, 7) is 14.7. The average Bonchev–Trinajstić information content (AvgIpc) is 2.59. The number of piperidine rings is 1. The van der Waals surface area contributed by atoms with Crippen LogP contribution < -0.4 is 10.6 Å². The van der Waals surface area contributed by atoms with Crippen LogP contribution in [0.15, 0.2) is 4.99 Å². The molecule has 7 nitrogen and oxygen atoms in total. The lowest BCUT2D eigenvalue weighted by Gasteiger charge is -2.33. The normalized spacial score (nSPS) is 16.6. The molecule has 0 radical (unpaired) electrons. The molecule has 1 heterocycles. The maximum absolute atomic E-state index is 12.1. The van der Waals surface area contributed by atoms with Crippen molar-refractivity contribution in [3.63, 3.8) is 0 Å². The first-order chi connectivity index (χ1) is 12.7. The van der Waals surface area contributed by atoms with Crippen LogP contribution in [0.4, 0.5) is 4.79 Å². The SMILES string of the molecule is CN=C(NCCOCCC(C)C)NCC1CCN(C(=O)OC(C)(C)C)CC1. The second-order valence-electron chi connectivity index (χ2n) is 8.59. The van der Waals surface area contributed by atoms with Crippen molar-refractivity contribution in [2.24, 2.45) is 16.8 Å². The first kappa shape index (κ1) is 23.5. The molecule has 27 heavy (non-hydrogen) atoms. The fraction of sp³-hybridized carbons (Fsp3) is 0.900. The van der Waals surface area contributed by atoms with Gasteiger partial charge in [-0.05, 0) is 51.9 Å². The molecule has 0 bridgehead atoms. The largest absolute Gasteiger partial charge is 0.444 e. The van der Waals surface area contributed by atoms with Crippen LogP contribution in [0, 0.1) is 11.8 Å². The maximum atomic E-state index is 12.1. The van der Waals surface area contributed by atoms with Gasteiger partial charge in [0.15, 0.2) is 5.96 Å². The van der Waals surface area contributed by atoms with E-state index in [1.807, 2.05) is 25.7 Å². The van der Waals surface area contributed by atoms with Crippen molar-refractivity contribution in [1.82, 2.24) is 15.5 Å². The summed E-state index contributed by atoms with van der Waals surface area (Å²) in [5, 5.41) is 6.66. The molecule has 0 unspecified atom stereocenters. The molecule has 0 aromatic carbocycles. The number of amides is 1. The molecule has 0 aromatic heterocycles. The molecule has 0 saturated carbocycles. The van der Waals surface area contributed by atoms with Crippen molar-refractivity contribution in [3.8, 4) is 0 Å². The Morgan fingerprint density at radius 1 is 1.19 bits per heavy atom. The van der Waals surface area contributed by atoms with Crippen LogP contribution >= 0.6 is 0 Å². The van der Waals surface area contributed by atoms with E-state index in [4.69, 9.17) is 9.47 Å². The Labute approximate surface area is 165 Å². The fourth-order valence-corrected chi connectivity index (χ4v) is 2.77. The van der Waals surface area contributed by atoms with Gasteiger partial charge in [-0.3, -0.25) is 4.99 Å². The van der Waals surface area contributed by atoms with Crippen LogP contribution in [0.1, 0.15) is 53.9 Å². The number of hydrogen-bond donors (Lipinski definition) is 2. The number of carbonyl (C=O) groups is 1. The van der Waals surface area contributed by atoms with Gasteiger partial charge in [-0.25, -0.2) is 4.79 Å². The molecule has 1 saturated heterocycles. The van der Waals surface area contributed by atoms with Gasteiger partial charge in [0.05, 0.1) is 6.61 Å². The smallest absolute Gasteiger partial charge is 0.410 e. The van der Waals surface area contributed by atoms with Gasteiger partial charge < -0.3 is 25.0 Å². The quantitative estimate of drug-likeness (QED) is 0.382. The minimum atomic E-state index is -0.438. The highest BCUT2D eigenvalue weighted by Gasteiger charge is 2.26. The summed E-state index contributed by atoms with van der Waals surface area (Å²) in [6.07, 6.45) is 2.83. The van der Waals surface area contributed by atoms with Gasteiger partial charge in [0.25, 0.3) is 0 Å². The molecule has 1 aliphatic heterocycles. The van der Waals surface area contributed by atoms with E-state index < -0.39 is 5.60 Å². The minimum absolute atomic E-state index is 0.205. The number of rotatable bonds is 8. The van der Waals surface area contributed by atoms with E-state index in [9.17, 15) is 4.79 Å². The Hall–Kier alpha value is -1.50. The number of likely N-dealkylation sites (tertiary alicyclic amines) is 1. The molecule has 1 amide bonds. The van der Waals surface area contributed by atoms with Gasteiger partial charge in [0.2, 0.25) is 0 Å². The number of hydrogen-bond acceptors (Lipinski definition) is 4. The van der Waals surface area contributed by atoms with Crippen molar-refractivity contribution in [1.29, 1.82) is 0 Å². The third-order valence-corrected chi connectivity index (χ3v) is 4.43. The molecule has 1 fully saturated rings. The van der Waals surface area contributed by atoms with Crippen LogP contribution in [-0.4, -0.2) is 69.0 Å². The van der Waals surface area contributed by atoms with Crippen molar-refractivity contribution in [2.75, 3.05) is 46.4 Å². The average molecular weight is 385 g/mol.